The summed E-state index contributed by atoms with van der Waals surface area (Å²) in [5.41, 5.74) is 0.315. The SMILES string of the molecule is CC1(NS(=O)(=O)c2ccccc2CNC2CC2)CCOC1. The van der Waals surface area contributed by atoms with Gasteiger partial charge in [-0.05, 0) is 37.8 Å². The van der Waals surface area contributed by atoms with Crippen molar-refractivity contribution >= 4 is 10.0 Å². The van der Waals surface area contributed by atoms with Crippen molar-refractivity contribution in [3.05, 3.63) is 29.8 Å². The first-order chi connectivity index (χ1) is 9.99. The van der Waals surface area contributed by atoms with E-state index in [1.165, 1.54) is 12.8 Å². The molecule has 1 saturated heterocycles. The van der Waals surface area contributed by atoms with Crippen molar-refractivity contribution in [1.82, 2.24) is 10.0 Å². The summed E-state index contributed by atoms with van der Waals surface area (Å²) in [6.07, 6.45) is 3.07. The Bertz CT molecular complexity index is 605. The van der Waals surface area contributed by atoms with Gasteiger partial charge in [-0.1, -0.05) is 18.2 Å². The van der Waals surface area contributed by atoms with Crippen LogP contribution in [0.3, 0.4) is 0 Å². The molecular weight excluding hydrogens is 288 g/mol. The highest BCUT2D eigenvalue weighted by Gasteiger charge is 2.35. The predicted octanol–water partition coefficient (Wildman–Crippen LogP) is 1.40. The van der Waals surface area contributed by atoms with E-state index in [1.807, 2.05) is 19.1 Å². The van der Waals surface area contributed by atoms with Gasteiger partial charge in [0.2, 0.25) is 10.0 Å². The maximum Gasteiger partial charge on any atom is 0.241 e. The van der Waals surface area contributed by atoms with Crippen LogP contribution in [0.25, 0.3) is 0 Å². The molecule has 2 aliphatic rings. The second kappa shape index (κ2) is 5.68. The van der Waals surface area contributed by atoms with Gasteiger partial charge >= 0.3 is 0 Å². The summed E-state index contributed by atoms with van der Waals surface area (Å²) < 4.78 is 33.5. The molecule has 6 heteroatoms. The maximum absolute atomic E-state index is 12.7. The minimum atomic E-state index is -3.53. The number of rotatable bonds is 6. The highest BCUT2D eigenvalue weighted by atomic mass is 32.2. The minimum absolute atomic E-state index is 0.367. The van der Waals surface area contributed by atoms with Gasteiger partial charge < -0.3 is 10.1 Å². The molecule has 0 amide bonds. The molecule has 1 aliphatic heterocycles. The van der Waals surface area contributed by atoms with Crippen LogP contribution in [-0.2, 0) is 21.3 Å². The van der Waals surface area contributed by atoms with E-state index in [2.05, 4.69) is 10.0 Å². The Morgan fingerprint density at radius 1 is 1.33 bits per heavy atom. The molecular formula is C15H22N2O3S. The molecule has 0 bridgehead atoms. The highest BCUT2D eigenvalue weighted by Crippen LogP contribution is 2.24. The van der Waals surface area contributed by atoms with Gasteiger partial charge in [0.15, 0.2) is 0 Å². The molecule has 116 valence electrons. The molecule has 3 rings (SSSR count). The molecule has 0 radical (unpaired) electrons. The summed E-state index contributed by atoms with van der Waals surface area (Å²) in [6, 6.07) is 7.74. The van der Waals surface area contributed by atoms with Crippen LogP contribution in [0.4, 0.5) is 0 Å². The predicted molar refractivity (Wildman–Crippen MR) is 80.5 cm³/mol. The fourth-order valence-corrected chi connectivity index (χ4v) is 4.24. The van der Waals surface area contributed by atoms with Gasteiger partial charge in [0, 0.05) is 19.2 Å². The Morgan fingerprint density at radius 2 is 2.10 bits per heavy atom. The van der Waals surface area contributed by atoms with Gasteiger partial charge in [-0.2, -0.15) is 0 Å². The third-order valence-corrected chi connectivity index (χ3v) is 5.76. The third-order valence-electron chi connectivity index (χ3n) is 4.02. The van der Waals surface area contributed by atoms with E-state index >= 15 is 0 Å². The lowest BCUT2D eigenvalue weighted by atomic mass is 10.0. The molecule has 2 N–H and O–H groups in total. The monoisotopic (exact) mass is 310 g/mol. The molecule has 1 heterocycles. The second-order valence-electron chi connectivity index (χ2n) is 6.23. The smallest absolute Gasteiger partial charge is 0.241 e. The fourth-order valence-electron chi connectivity index (χ4n) is 2.58. The Morgan fingerprint density at radius 3 is 2.76 bits per heavy atom. The Balaban J connectivity index is 1.80. The fraction of sp³-hybridized carbons (Fsp3) is 0.600. The van der Waals surface area contributed by atoms with Gasteiger partial charge in [0.05, 0.1) is 17.0 Å². The normalized spacial score (nSPS) is 26.1. The molecule has 21 heavy (non-hydrogen) atoms. The van der Waals surface area contributed by atoms with Crippen molar-refractivity contribution in [2.24, 2.45) is 0 Å². The molecule has 1 saturated carbocycles. The van der Waals surface area contributed by atoms with Crippen LogP contribution in [0.5, 0.6) is 0 Å². The lowest BCUT2D eigenvalue weighted by Crippen LogP contribution is -2.46. The number of benzene rings is 1. The lowest BCUT2D eigenvalue weighted by molar-refractivity contribution is 0.178. The van der Waals surface area contributed by atoms with Crippen molar-refractivity contribution < 1.29 is 13.2 Å². The van der Waals surface area contributed by atoms with E-state index in [-0.39, 0.29) is 0 Å². The average molecular weight is 310 g/mol. The Labute approximate surface area is 126 Å². The van der Waals surface area contributed by atoms with Gasteiger partial charge in [-0.3, -0.25) is 0 Å². The van der Waals surface area contributed by atoms with Crippen LogP contribution in [0.1, 0.15) is 31.7 Å². The number of hydrogen-bond donors (Lipinski definition) is 2. The quantitative estimate of drug-likeness (QED) is 0.833. The summed E-state index contributed by atoms with van der Waals surface area (Å²) >= 11 is 0. The first-order valence-corrected chi connectivity index (χ1v) is 8.90. The molecule has 2 fully saturated rings. The second-order valence-corrected chi connectivity index (χ2v) is 7.88. The van der Waals surface area contributed by atoms with Crippen LogP contribution >= 0.6 is 0 Å². The van der Waals surface area contributed by atoms with Gasteiger partial charge in [-0.15, -0.1) is 0 Å². The van der Waals surface area contributed by atoms with Crippen LogP contribution in [-0.4, -0.2) is 33.2 Å². The Kier molecular flexibility index (Phi) is 4.05. The summed E-state index contributed by atoms with van der Waals surface area (Å²) in [6.45, 7) is 3.51. The number of hydrogen-bond acceptors (Lipinski definition) is 4. The zero-order valence-corrected chi connectivity index (χ0v) is 13.1. The topological polar surface area (TPSA) is 67.4 Å². The van der Waals surface area contributed by atoms with E-state index in [4.69, 9.17) is 4.74 Å². The minimum Gasteiger partial charge on any atom is -0.379 e. The van der Waals surface area contributed by atoms with E-state index in [0.29, 0.717) is 37.1 Å². The highest BCUT2D eigenvalue weighted by molar-refractivity contribution is 7.89. The van der Waals surface area contributed by atoms with Crippen molar-refractivity contribution in [3.63, 3.8) is 0 Å². The molecule has 0 spiro atoms. The van der Waals surface area contributed by atoms with Crippen molar-refractivity contribution in [3.8, 4) is 0 Å². The number of ether oxygens (including phenoxy) is 1. The largest absolute Gasteiger partial charge is 0.379 e. The Hall–Kier alpha value is -0.950. The zero-order chi connectivity index (χ0) is 14.9. The lowest BCUT2D eigenvalue weighted by Gasteiger charge is -2.24. The average Bonchev–Trinajstić information content (AvgIpc) is 3.18. The van der Waals surface area contributed by atoms with Crippen molar-refractivity contribution in [1.29, 1.82) is 0 Å². The molecule has 1 atom stereocenters. The van der Waals surface area contributed by atoms with Crippen LogP contribution in [0.2, 0.25) is 0 Å². The summed E-state index contributed by atoms with van der Waals surface area (Å²) in [5.74, 6) is 0. The molecule has 5 nitrogen and oxygen atoms in total. The standard InChI is InChI=1S/C15H22N2O3S/c1-15(8-9-20-11-15)17-21(18,19)14-5-3-2-4-12(14)10-16-13-6-7-13/h2-5,13,16-17H,6-11H2,1H3. The molecule has 1 unspecified atom stereocenters. The van der Waals surface area contributed by atoms with Gasteiger partial charge in [-0.25, -0.2) is 13.1 Å². The van der Waals surface area contributed by atoms with Gasteiger partial charge in [0.1, 0.15) is 0 Å². The summed E-state index contributed by atoms with van der Waals surface area (Å²) in [7, 11) is -3.53. The summed E-state index contributed by atoms with van der Waals surface area (Å²) in [5, 5.41) is 3.37. The van der Waals surface area contributed by atoms with Crippen molar-refractivity contribution in [2.45, 2.75) is 49.2 Å². The first kappa shape index (κ1) is 15.0. The molecule has 1 aromatic carbocycles. The van der Waals surface area contributed by atoms with Gasteiger partial charge in [0.25, 0.3) is 0 Å². The van der Waals surface area contributed by atoms with Crippen molar-refractivity contribution in [2.75, 3.05) is 13.2 Å². The van der Waals surface area contributed by atoms with Crippen LogP contribution in [0.15, 0.2) is 29.2 Å². The molecule has 1 aliphatic carbocycles. The van der Waals surface area contributed by atoms with Crippen LogP contribution in [0, 0.1) is 0 Å². The summed E-state index contributed by atoms with van der Waals surface area (Å²) in [4.78, 5) is 0.367. The van der Waals surface area contributed by atoms with E-state index in [0.717, 1.165) is 5.56 Å². The number of sulfonamides is 1. The molecule has 1 aromatic rings. The maximum atomic E-state index is 12.7. The first-order valence-electron chi connectivity index (χ1n) is 7.42. The van der Waals surface area contributed by atoms with E-state index in [1.54, 1.807) is 12.1 Å². The van der Waals surface area contributed by atoms with Crippen LogP contribution < -0.4 is 10.0 Å². The van der Waals surface area contributed by atoms with E-state index in [9.17, 15) is 8.42 Å². The van der Waals surface area contributed by atoms with E-state index < -0.39 is 15.6 Å². The molecule has 0 aromatic heterocycles. The number of nitrogens with one attached hydrogen (secondary N) is 2. The third kappa shape index (κ3) is 3.63. The zero-order valence-electron chi connectivity index (χ0n) is 12.3.